The van der Waals surface area contributed by atoms with Crippen LogP contribution in [0.25, 0.3) is 0 Å². The Balaban J connectivity index is 1.99. The number of ether oxygens (including phenoxy) is 2. The molecule has 0 atom stereocenters. The Bertz CT molecular complexity index is 641. The molecule has 1 rings (SSSR count). The Labute approximate surface area is 282 Å². The third-order valence-electron chi connectivity index (χ3n) is 9.02. The van der Waals surface area contributed by atoms with Gasteiger partial charge >= 0.3 is 0 Å². The summed E-state index contributed by atoms with van der Waals surface area (Å²) in [5.74, 6) is 0.556. The molecule has 0 amide bonds. The first-order valence-corrected chi connectivity index (χ1v) is 19.9. The van der Waals surface area contributed by atoms with Crippen LogP contribution in [0.5, 0.6) is 0 Å². The molecule has 1 heterocycles. The molecule has 45 heavy (non-hydrogen) atoms. The SMILES string of the molecule is CCCCCC=CCC=CCCCCCCCCOC(OCCCCCCCCC=CCC=CCCCCC)C1CCNCC1. The zero-order valence-electron chi connectivity index (χ0n) is 30.3. The van der Waals surface area contributed by atoms with Crippen molar-refractivity contribution in [2.75, 3.05) is 26.3 Å². The zero-order valence-corrected chi connectivity index (χ0v) is 30.3. The highest BCUT2D eigenvalue weighted by molar-refractivity contribution is 4.93. The standard InChI is InChI=1S/C42H77NO2/c1-3-5-7-9-11-13-15-17-19-21-23-25-27-29-31-33-39-44-42(41-35-37-43-38-36-41)45-40-34-32-30-28-26-24-22-20-18-16-14-12-10-8-6-4-2/h11-14,17-20,41-43H,3-10,15-16,21-40H2,1-2H3. The number of rotatable bonds is 33. The zero-order chi connectivity index (χ0) is 32.1. The van der Waals surface area contributed by atoms with E-state index in [4.69, 9.17) is 9.47 Å². The maximum absolute atomic E-state index is 6.35. The lowest BCUT2D eigenvalue weighted by molar-refractivity contribution is -0.178. The topological polar surface area (TPSA) is 30.5 Å². The van der Waals surface area contributed by atoms with Gasteiger partial charge in [-0.2, -0.15) is 0 Å². The van der Waals surface area contributed by atoms with Gasteiger partial charge in [0.05, 0.1) is 0 Å². The molecule has 3 nitrogen and oxygen atoms in total. The first-order chi connectivity index (χ1) is 22.4. The molecule has 1 saturated heterocycles. The van der Waals surface area contributed by atoms with Gasteiger partial charge < -0.3 is 14.8 Å². The molecule has 0 bridgehead atoms. The lowest BCUT2D eigenvalue weighted by atomic mass is 9.97. The molecular formula is C42H77NO2. The summed E-state index contributed by atoms with van der Waals surface area (Å²) in [4.78, 5) is 0. The molecule has 0 radical (unpaired) electrons. The second-order valence-electron chi connectivity index (χ2n) is 13.4. The smallest absolute Gasteiger partial charge is 0.160 e. The van der Waals surface area contributed by atoms with E-state index in [0.29, 0.717) is 5.92 Å². The third kappa shape index (κ3) is 30.0. The van der Waals surface area contributed by atoms with Crippen LogP contribution in [0, 0.1) is 5.92 Å². The number of hydrogen-bond donors (Lipinski definition) is 1. The van der Waals surface area contributed by atoms with Crippen LogP contribution in [0.1, 0.15) is 181 Å². The van der Waals surface area contributed by atoms with Crippen molar-refractivity contribution < 1.29 is 9.47 Å². The number of piperidine rings is 1. The Morgan fingerprint density at radius 1 is 0.467 bits per heavy atom. The van der Waals surface area contributed by atoms with Crippen molar-refractivity contribution in [2.24, 2.45) is 5.92 Å². The van der Waals surface area contributed by atoms with Crippen molar-refractivity contribution in [3.8, 4) is 0 Å². The average Bonchev–Trinajstić information content (AvgIpc) is 3.07. The van der Waals surface area contributed by atoms with E-state index in [1.165, 1.54) is 154 Å². The summed E-state index contributed by atoms with van der Waals surface area (Å²) < 4.78 is 12.7. The van der Waals surface area contributed by atoms with Crippen LogP contribution in [-0.4, -0.2) is 32.6 Å². The summed E-state index contributed by atoms with van der Waals surface area (Å²) in [5, 5.41) is 3.50. The normalized spacial score (nSPS) is 15.5. The molecule has 3 heteroatoms. The van der Waals surface area contributed by atoms with E-state index in [1.54, 1.807) is 0 Å². The highest BCUT2D eigenvalue weighted by Crippen LogP contribution is 2.21. The molecular weight excluding hydrogens is 550 g/mol. The molecule has 0 aromatic heterocycles. The van der Waals surface area contributed by atoms with Gasteiger partial charge in [-0.05, 0) is 103 Å². The van der Waals surface area contributed by atoms with Gasteiger partial charge in [0.2, 0.25) is 0 Å². The first kappa shape index (κ1) is 41.9. The fourth-order valence-electron chi connectivity index (χ4n) is 6.02. The number of hydrogen-bond acceptors (Lipinski definition) is 3. The van der Waals surface area contributed by atoms with Crippen LogP contribution < -0.4 is 5.32 Å². The highest BCUT2D eigenvalue weighted by atomic mass is 16.7. The highest BCUT2D eigenvalue weighted by Gasteiger charge is 2.24. The lowest BCUT2D eigenvalue weighted by Crippen LogP contribution is -2.37. The van der Waals surface area contributed by atoms with Gasteiger partial charge in [-0.3, -0.25) is 0 Å². The summed E-state index contributed by atoms with van der Waals surface area (Å²) in [5.41, 5.74) is 0. The van der Waals surface area contributed by atoms with Gasteiger partial charge in [0.1, 0.15) is 0 Å². The third-order valence-corrected chi connectivity index (χ3v) is 9.02. The molecule has 0 aromatic rings. The predicted molar refractivity (Wildman–Crippen MR) is 200 cm³/mol. The molecule has 262 valence electrons. The summed E-state index contributed by atoms with van der Waals surface area (Å²) in [7, 11) is 0. The van der Waals surface area contributed by atoms with Crippen molar-refractivity contribution in [2.45, 2.75) is 187 Å². The molecule has 1 aliphatic heterocycles. The Morgan fingerprint density at radius 2 is 0.822 bits per heavy atom. The number of nitrogens with one attached hydrogen (secondary N) is 1. The van der Waals surface area contributed by atoms with Crippen LogP contribution in [0.3, 0.4) is 0 Å². The van der Waals surface area contributed by atoms with Crippen molar-refractivity contribution in [1.29, 1.82) is 0 Å². The minimum Gasteiger partial charge on any atom is -0.352 e. The van der Waals surface area contributed by atoms with Crippen molar-refractivity contribution in [3.05, 3.63) is 48.6 Å². The van der Waals surface area contributed by atoms with E-state index >= 15 is 0 Å². The monoisotopic (exact) mass is 628 g/mol. The largest absolute Gasteiger partial charge is 0.352 e. The number of allylic oxidation sites excluding steroid dienone is 8. The van der Waals surface area contributed by atoms with E-state index < -0.39 is 0 Å². The van der Waals surface area contributed by atoms with Crippen LogP contribution >= 0.6 is 0 Å². The summed E-state index contributed by atoms with van der Waals surface area (Å²) in [6, 6.07) is 0. The molecule has 0 saturated carbocycles. The molecule has 1 aliphatic rings. The Hall–Kier alpha value is -1.16. The van der Waals surface area contributed by atoms with Gasteiger partial charge in [0.25, 0.3) is 0 Å². The maximum atomic E-state index is 6.35. The lowest BCUT2D eigenvalue weighted by Gasteiger charge is -2.30. The van der Waals surface area contributed by atoms with E-state index in [1.807, 2.05) is 0 Å². The minimum absolute atomic E-state index is 0.00282. The van der Waals surface area contributed by atoms with Crippen molar-refractivity contribution >= 4 is 0 Å². The van der Waals surface area contributed by atoms with Crippen molar-refractivity contribution in [1.82, 2.24) is 5.32 Å². The fourth-order valence-corrected chi connectivity index (χ4v) is 6.02. The van der Waals surface area contributed by atoms with E-state index in [9.17, 15) is 0 Å². The van der Waals surface area contributed by atoms with Gasteiger partial charge in [-0.15, -0.1) is 0 Å². The number of unbranched alkanes of at least 4 members (excludes halogenated alkanes) is 18. The molecule has 0 spiro atoms. The van der Waals surface area contributed by atoms with Gasteiger partial charge in [-0.25, -0.2) is 0 Å². The van der Waals surface area contributed by atoms with Crippen LogP contribution in [-0.2, 0) is 9.47 Å². The maximum Gasteiger partial charge on any atom is 0.160 e. The second-order valence-corrected chi connectivity index (χ2v) is 13.4. The van der Waals surface area contributed by atoms with Gasteiger partial charge in [-0.1, -0.05) is 140 Å². The summed E-state index contributed by atoms with van der Waals surface area (Å²) >= 11 is 0. The Morgan fingerprint density at radius 3 is 1.22 bits per heavy atom. The van der Waals surface area contributed by atoms with E-state index in [-0.39, 0.29) is 6.29 Å². The molecule has 0 aliphatic carbocycles. The molecule has 0 unspecified atom stereocenters. The minimum atomic E-state index is 0.00282. The van der Waals surface area contributed by atoms with Gasteiger partial charge in [0, 0.05) is 19.1 Å². The predicted octanol–water partition coefficient (Wildman–Crippen LogP) is 13.0. The van der Waals surface area contributed by atoms with Crippen molar-refractivity contribution in [3.63, 3.8) is 0 Å². The molecule has 1 fully saturated rings. The van der Waals surface area contributed by atoms with E-state index in [0.717, 1.165) is 39.1 Å². The molecule has 1 N–H and O–H groups in total. The first-order valence-electron chi connectivity index (χ1n) is 19.9. The van der Waals surface area contributed by atoms with Gasteiger partial charge in [0.15, 0.2) is 6.29 Å². The van der Waals surface area contributed by atoms with Crippen LogP contribution in [0.2, 0.25) is 0 Å². The van der Waals surface area contributed by atoms with Crippen LogP contribution in [0.4, 0.5) is 0 Å². The second kappa shape index (κ2) is 35.7. The average molecular weight is 628 g/mol. The van der Waals surface area contributed by atoms with Crippen LogP contribution in [0.15, 0.2) is 48.6 Å². The Kier molecular flexibility index (Phi) is 33.2. The fraction of sp³-hybridized carbons (Fsp3) is 0.810. The summed E-state index contributed by atoms with van der Waals surface area (Å²) in [6.07, 6.45) is 52.0. The van der Waals surface area contributed by atoms with E-state index in [2.05, 4.69) is 67.8 Å². The quantitative estimate of drug-likeness (QED) is 0.0446. The summed E-state index contributed by atoms with van der Waals surface area (Å²) in [6.45, 7) is 8.44. The molecule has 0 aromatic carbocycles.